The quantitative estimate of drug-likeness (QED) is 0.593. The summed E-state index contributed by atoms with van der Waals surface area (Å²) in [6.07, 6.45) is -0.227. The Labute approximate surface area is 149 Å². The maximum Gasteiger partial charge on any atom is 0.250 e. The molecule has 0 heterocycles. The predicted octanol–water partition coefficient (Wildman–Crippen LogP) is 1.24. The molecule has 26 heavy (non-hydrogen) atoms. The number of benzene rings is 2. The van der Waals surface area contributed by atoms with E-state index in [1.54, 1.807) is 36.4 Å². The second kappa shape index (κ2) is 8.43. The lowest BCUT2D eigenvalue weighted by molar-refractivity contribution is -0.121. The van der Waals surface area contributed by atoms with Gasteiger partial charge in [0.2, 0.25) is 11.8 Å². The molecule has 134 valence electrons. The average Bonchev–Trinajstić information content (AvgIpc) is 2.60. The number of anilines is 2. The number of carbonyl (C=O) groups excluding carboxylic acids is 4. The van der Waals surface area contributed by atoms with Crippen LogP contribution in [0.3, 0.4) is 0 Å². The van der Waals surface area contributed by atoms with Crippen molar-refractivity contribution in [1.82, 2.24) is 0 Å². The van der Waals surface area contributed by atoms with Gasteiger partial charge in [-0.2, -0.15) is 0 Å². The Balaban J connectivity index is 1.93. The molecular formula is C18H18N4O4. The van der Waals surface area contributed by atoms with Crippen LogP contribution in [0.15, 0.2) is 48.5 Å². The third-order valence-corrected chi connectivity index (χ3v) is 3.51. The van der Waals surface area contributed by atoms with Gasteiger partial charge in [-0.05, 0) is 24.3 Å². The van der Waals surface area contributed by atoms with E-state index < -0.39 is 23.6 Å². The van der Waals surface area contributed by atoms with Crippen molar-refractivity contribution in [2.24, 2.45) is 11.5 Å². The van der Waals surface area contributed by atoms with Crippen LogP contribution in [-0.2, 0) is 9.59 Å². The van der Waals surface area contributed by atoms with Crippen LogP contribution in [0.1, 0.15) is 33.6 Å². The molecule has 0 aliphatic carbocycles. The Morgan fingerprint density at radius 1 is 0.654 bits per heavy atom. The van der Waals surface area contributed by atoms with Crippen molar-refractivity contribution in [2.75, 3.05) is 10.6 Å². The van der Waals surface area contributed by atoms with Crippen molar-refractivity contribution < 1.29 is 19.2 Å². The number of para-hydroxylation sites is 2. The summed E-state index contributed by atoms with van der Waals surface area (Å²) in [6, 6.07) is 12.6. The summed E-state index contributed by atoms with van der Waals surface area (Å²) in [5.74, 6) is -2.22. The smallest absolute Gasteiger partial charge is 0.250 e. The van der Waals surface area contributed by atoms with Gasteiger partial charge in [0.25, 0.3) is 11.8 Å². The Morgan fingerprint density at radius 2 is 1.00 bits per heavy atom. The second-order valence-corrected chi connectivity index (χ2v) is 5.42. The van der Waals surface area contributed by atoms with Gasteiger partial charge < -0.3 is 22.1 Å². The van der Waals surface area contributed by atoms with E-state index in [-0.39, 0.29) is 35.3 Å². The van der Waals surface area contributed by atoms with Crippen LogP contribution in [0.5, 0.6) is 0 Å². The molecule has 8 nitrogen and oxygen atoms in total. The lowest BCUT2D eigenvalue weighted by atomic mass is 10.1. The summed E-state index contributed by atoms with van der Waals surface area (Å²) in [6.45, 7) is 0. The molecule has 2 aromatic carbocycles. The monoisotopic (exact) mass is 354 g/mol. The molecule has 0 aliphatic rings. The van der Waals surface area contributed by atoms with Gasteiger partial charge in [0.05, 0.1) is 22.5 Å². The summed E-state index contributed by atoms with van der Waals surface area (Å²) in [5.41, 5.74) is 11.4. The van der Waals surface area contributed by atoms with E-state index in [4.69, 9.17) is 11.5 Å². The van der Waals surface area contributed by atoms with Crippen molar-refractivity contribution in [3.8, 4) is 0 Å². The molecule has 0 saturated carbocycles. The fourth-order valence-corrected chi connectivity index (χ4v) is 2.27. The first-order chi connectivity index (χ1) is 12.4. The Kier molecular flexibility index (Phi) is 6.05. The maximum atomic E-state index is 12.0. The molecular weight excluding hydrogens is 336 g/mol. The Hall–Kier alpha value is -3.68. The van der Waals surface area contributed by atoms with E-state index in [0.717, 1.165) is 0 Å². The van der Waals surface area contributed by atoms with Crippen LogP contribution in [0.4, 0.5) is 11.4 Å². The van der Waals surface area contributed by atoms with Gasteiger partial charge >= 0.3 is 0 Å². The first-order valence-electron chi connectivity index (χ1n) is 7.76. The van der Waals surface area contributed by atoms with Crippen LogP contribution in [0.25, 0.3) is 0 Å². The highest BCUT2D eigenvalue weighted by molar-refractivity contribution is 6.05. The molecule has 0 aliphatic heterocycles. The highest BCUT2D eigenvalue weighted by Gasteiger charge is 2.13. The first kappa shape index (κ1) is 18.7. The second-order valence-electron chi connectivity index (χ2n) is 5.42. The number of hydrogen-bond donors (Lipinski definition) is 4. The SMILES string of the molecule is NC(=O)c1ccccc1NC(=O)CCC(=O)Nc1ccccc1C(N)=O. The number of hydrogen-bond acceptors (Lipinski definition) is 4. The van der Waals surface area contributed by atoms with Gasteiger partial charge in [0, 0.05) is 12.8 Å². The van der Waals surface area contributed by atoms with Crippen molar-refractivity contribution >= 4 is 35.0 Å². The van der Waals surface area contributed by atoms with Crippen molar-refractivity contribution in [3.05, 3.63) is 59.7 Å². The summed E-state index contributed by atoms with van der Waals surface area (Å²) in [5, 5.41) is 5.09. The zero-order valence-electron chi connectivity index (χ0n) is 13.8. The molecule has 0 aromatic heterocycles. The van der Waals surface area contributed by atoms with Crippen LogP contribution >= 0.6 is 0 Å². The van der Waals surface area contributed by atoms with Crippen LogP contribution in [-0.4, -0.2) is 23.6 Å². The van der Waals surface area contributed by atoms with Gasteiger partial charge in [0.1, 0.15) is 0 Å². The lowest BCUT2D eigenvalue weighted by Crippen LogP contribution is -2.21. The predicted molar refractivity (Wildman–Crippen MR) is 96.4 cm³/mol. The van der Waals surface area contributed by atoms with Crippen molar-refractivity contribution in [3.63, 3.8) is 0 Å². The Bertz CT molecular complexity index is 792. The largest absolute Gasteiger partial charge is 0.366 e. The molecule has 6 N–H and O–H groups in total. The summed E-state index contributed by atoms with van der Waals surface area (Å²) in [4.78, 5) is 46.7. The normalized spacial score (nSPS) is 10.0. The van der Waals surface area contributed by atoms with Crippen molar-refractivity contribution in [2.45, 2.75) is 12.8 Å². The maximum absolute atomic E-state index is 12.0. The number of carbonyl (C=O) groups is 4. The molecule has 0 fully saturated rings. The van der Waals surface area contributed by atoms with E-state index >= 15 is 0 Å². The fraction of sp³-hybridized carbons (Fsp3) is 0.111. The average molecular weight is 354 g/mol. The van der Waals surface area contributed by atoms with E-state index in [1.807, 2.05) is 0 Å². The van der Waals surface area contributed by atoms with Crippen LogP contribution < -0.4 is 22.1 Å². The van der Waals surface area contributed by atoms with Gasteiger partial charge in [-0.25, -0.2) is 0 Å². The summed E-state index contributed by atoms with van der Waals surface area (Å²) < 4.78 is 0. The highest BCUT2D eigenvalue weighted by Crippen LogP contribution is 2.16. The summed E-state index contributed by atoms with van der Waals surface area (Å²) in [7, 11) is 0. The van der Waals surface area contributed by atoms with E-state index in [0.29, 0.717) is 0 Å². The Morgan fingerprint density at radius 3 is 1.35 bits per heavy atom. The zero-order valence-corrected chi connectivity index (χ0v) is 13.8. The third-order valence-electron chi connectivity index (χ3n) is 3.51. The fourth-order valence-electron chi connectivity index (χ4n) is 2.27. The molecule has 0 radical (unpaired) electrons. The number of rotatable bonds is 7. The number of nitrogens with two attached hydrogens (primary N) is 2. The summed E-state index contributed by atoms with van der Waals surface area (Å²) >= 11 is 0. The minimum absolute atomic E-state index is 0.113. The number of amides is 4. The molecule has 2 rings (SSSR count). The van der Waals surface area contributed by atoms with E-state index in [1.165, 1.54) is 12.1 Å². The standard InChI is InChI=1S/C18H18N4O4/c19-17(25)11-5-1-3-7-13(11)21-15(23)9-10-16(24)22-14-8-4-2-6-12(14)18(20)26/h1-8H,9-10H2,(H2,19,25)(H2,20,26)(H,21,23)(H,22,24). The number of primary amides is 2. The van der Waals surface area contributed by atoms with E-state index in [2.05, 4.69) is 10.6 Å². The molecule has 2 aromatic rings. The van der Waals surface area contributed by atoms with E-state index in [9.17, 15) is 19.2 Å². The van der Waals surface area contributed by atoms with Gasteiger partial charge in [-0.1, -0.05) is 24.3 Å². The van der Waals surface area contributed by atoms with Gasteiger partial charge in [-0.3, -0.25) is 19.2 Å². The zero-order chi connectivity index (χ0) is 19.1. The molecule has 8 heteroatoms. The van der Waals surface area contributed by atoms with Crippen LogP contribution in [0, 0.1) is 0 Å². The van der Waals surface area contributed by atoms with Crippen LogP contribution in [0.2, 0.25) is 0 Å². The molecule has 0 bridgehead atoms. The highest BCUT2D eigenvalue weighted by atomic mass is 16.2. The van der Waals surface area contributed by atoms with Crippen molar-refractivity contribution in [1.29, 1.82) is 0 Å². The topological polar surface area (TPSA) is 144 Å². The molecule has 4 amide bonds. The minimum Gasteiger partial charge on any atom is -0.366 e. The number of nitrogens with one attached hydrogen (secondary N) is 2. The van der Waals surface area contributed by atoms with Gasteiger partial charge in [0.15, 0.2) is 0 Å². The molecule has 0 spiro atoms. The molecule has 0 saturated heterocycles. The third kappa shape index (κ3) is 4.91. The lowest BCUT2D eigenvalue weighted by Gasteiger charge is -2.10. The molecule has 0 unspecified atom stereocenters. The molecule has 0 atom stereocenters. The first-order valence-corrected chi connectivity index (χ1v) is 7.76. The minimum atomic E-state index is -0.665. The van der Waals surface area contributed by atoms with Gasteiger partial charge in [-0.15, -0.1) is 0 Å².